The first-order chi connectivity index (χ1) is 9.15. The Morgan fingerprint density at radius 3 is 2.95 bits per heavy atom. The molecule has 1 aliphatic rings. The summed E-state index contributed by atoms with van der Waals surface area (Å²) in [5, 5.41) is 9.27. The zero-order valence-corrected chi connectivity index (χ0v) is 11.5. The van der Waals surface area contributed by atoms with Crippen molar-refractivity contribution in [3.63, 3.8) is 0 Å². The van der Waals surface area contributed by atoms with Crippen LogP contribution in [0.3, 0.4) is 0 Å². The van der Waals surface area contributed by atoms with Crippen LogP contribution in [-0.2, 0) is 4.74 Å². The Balaban J connectivity index is 2.23. The lowest BCUT2D eigenvalue weighted by Gasteiger charge is -2.38. The number of morpholine rings is 1. The molecule has 5 nitrogen and oxygen atoms in total. The van der Waals surface area contributed by atoms with Crippen molar-refractivity contribution >= 4 is 11.4 Å². The third-order valence-corrected chi connectivity index (χ3v) is 3.21. The number of ether oxygens (including phenoxy) is 2. The van der Waals surface area contributed by atoms with Crippen LogP contribution in [-0.4, -0.2) is 43.6 Å². The fourth-order valence-electron chi connectivity index (χ4n) is 2.43. The maximum atomic E-state index is 9.27. The Morgan fingerprint density at radius 1 is 1.47 bits per heavy atom. The maximum absolute atomic E-state index is 9.27. The average molecular weight is 266 g/mol. The molecule has 3 N–H and O–H groups in total. The second-order valence-electron chi connectivity index (χ2n) is 4.78. The fraction of sp³-hybridized carbons (Fsp3) is 0.571. The minimum atomic E-state index is -0.168. The number of para-hydroxylation sites is 1. The van der Waals surface area contributed by atoms with Gasteiger partial charge in [0.2, 0.25) is 0 Å². The van der Waals surface area contributed by atoms with Crippen LogP contribution in [0.2, 0.25) is 0 Å². The van der Waals surface area contributed by atoms with Crippen LogP contribution in [0.25, 0.3) is 0 Å². The highest BCUT2D eigenvalue weighted by atomic mass is 16.5. The molecule has 1 aromatic carbocycles. The Kier molecular flexibility index (Phi) is 4.50. The van der Waals surface area contributed by atoms with E-state index >= 15 is 0 Å². The zero-order chi connectivity index (χ0) is 13.8. The molecule has 0 aliphatic carbocycles. The number of anilines is 2. The predicted octanol–water partition coefficient (Wildman–Crippen LogP) is 1.25. The SMILES string of the molecule is CCOc1cccc(N2CC(C)OC(CO)C2)c1N. The number of aliphatic hydroxyl groups excluding tert-OH is 1. The van der Waals surface area contributed by atoms with Crippen molar-refractivity contribution in [2.75, 3.05) is 36.9 Å². The molecule has 19 heavy (non-hydrogen) atoms. The number of aliphatic hydroxyl groups is 1. The van der Waals surface area contributed by atoms with Crippen molar-refractivity contribution in [1.82, 2.24) is 0 Å². The van der Waals surface area contributed by atoms with Gasteiger partial charge in [0.05, 0.1) is 36.8 Å². The van der Waals surface area contributed by atoms with Gasteiger partial charge in [-0.25, -0.2) is 0 Å². The molecule has 0 saturated carbocycles. The quantitative estimate of drug-likeness (QED) is 0.803. The molecule has 2 atom stereocenters. The van der Waals surface area contributed by atoms with E-state index in [2.05, 4.69) is 4.90 Å². The van der Waals surface area contributed by atoms with Gasteiger partial charge in [-0.05, 0) is 26.0 Å². The number of hydrogen-bond acceptors (Lipinski definition) is 5. The van der Waals surface area contributed by atoms with Crippen molar-refractivity contribution in [3.8, 4) is 5.75 Å². The zero-order valence-electron chi connectivity index (χ0n) is 11.5. The molecular formula is C14H22N2O3. The highest BCUT2D eigenvalue weighted by Crippen LogP contribution is 2.33. The smallest absolute Gasteiger partial charge is 0.144 e. The molecule has 0 amide bonds. The van der Waals surface area contributed by atoms with Crippen LogP contribution >= 0.6 is 0 Å². The van der Waals surface area contributed by atoms with Crippen molar-refractivity contribution < 1.29 is 14.6 Å². The van der Waals surface area contributed by atoms with E-state index in [0.29, 0.717) is 24.6 Å². The molecule has 0 bridgehead atoms. The van der Waals surface area contributed by atoms with Crippen molar-refractivity contribution in [2.24, 2.45) is 0 Å². The van der Waals surface area contributed by atoms with E-state index in [1.807, 2.05) is 32.0 Å². The standard InChI is InChI=1S/C14H22N2O3/c1-3-18-13-6-4-5-12(14(13)15)16-7-10(2)19-11(8-16)9-17/h4-6,10-11,17H,3,7-9,15H2,1-2H3. The number of nitrogens with zero attached hydrogens (tertiary/aromatic N) is 1. The van der Waals surface area contributed by atoms with Gasteiger partial charge in [0.1, 0.15) is 5.75 Å². The third kappa shape index (κ3) is 3.11. The second kappa shape index (κ2) is 6.12. The number of hydrogen-bond donors (Lipinski definition) is 2. The highest BCUT2D eigenvalue weighted by molar-refractivity contribution is 5.74. The number of nitrogens with two attached hydrogens (primary N) is 1. The van der Waals surface area contributed by atoms with Gasteiger partial charge >= 0.3 is 0 Å². The van der Waals surface area contributed by atoms with E-state index in [1.54, 1.807) is 0 Å². The minimum absolute atomic E-state index is 0.0197. The van der Waals surface area contributed by atoms with Gasteiger partial charge in [-0.1, -0.05) is 6.07 Å². The monoisotopic (exact) mass is 266 g/mol. The van der Waals surface area contributed by atoms with E-state index in [0.717, 1.165) is 12.2 Å². The second-order valence-corrected chi connectivity index (χ2v) is 4.78. The Bertz CT molecular complexity index is 425. The molecule has 5 heteroatoms. The fourth-order valence-corrected chi connectivity index (χ4v) is 2.43. The molecular weight excluding hydrogens is 244 g/mol. The van der Waals surface area contributed by atoms with Gasteiger partial charge in [0.15, 0.2) is 0 Å². The third-order valence-electron chi connectivity index (χ3n) is 3.21. The normalized spacial score (nSPS) is 23.4. The molecule has 0 aromatic heterocycles. The van der Waals surface area contributed by atoms with Gasteiger partial charge in [-0.3, -0.25) is 0 Å². The molecule has 0 radical (unpaired) electrons. The molecule has 1 aromatic rings. The van der Waals surface area contributed by atoms with Gasteiger partial charge < -0.3 is 25.2 Å². The van der Waals surface area contributed by atoms with Crippen LogP contribution in [0.1, 0.15) is 13.8 Å². The lowest BCUT2D eigenvalue weighted by Crippen LogP contribution is -2.48. The summed E-state index contributed by atoms with van der Waals surface area (Å²) in [5.74, 6) is 0.708. The lowest BCUT2D eigenvalue weighted by atomic mass is 10.1. The molecule has 1 saturated heterocycles. The summed E-state index contributed by atoms with van der Waals surface area (Å²) >= 11 is 0. The summed E-state index contributed by atoms with van der Waals surface area (Å²) in [7, 11) is 0. The summed E-state index contributed by atoms with van der Waals surface area (Å²) in [5.41, 5.74) is 7.75. The first-order valence-electron chi connectivity index (χ1n) is 6.68. The molecule has 1 aliphatic heterocycles. The van der Waals surface area contributed by atoms with Crippen LogP contribution in [0.15, 0.2) is 18.2 Å². The summed E-state index contributed by atoms with van der Waals surface area (Å²) in [6.07, 6.45) is -0.0973. The predicted molar refractivity (Wildman–Crippen MR) is 75.7 cm³/mol. The van der Waals surface area contributed by atoms with Crippen LogP contribution in [0.4, 0.5) is 11.4 Å². The summed E-state index contributed by atoms with van der Waals surface area (Å²) in [6.45, 7) is 5.94. The minimum Gasteiger partial charge on any atom is -0.492 e. The maximum Gasteiger partial charge on any atom is 0.144 e. The van der Waals surface area contributed by atoms with E-state index < -0.39 is 0 Å². The number of rotatable bonds is 4. The Morgan fingerprint density at radius 2 is 2.26 bits per heavy atom. The largest absolute Gasteiger partial charge is 0.492 e. The molecule has 0 spiro atoms. The van der Waals surface area contributed by atoms with Gasteiger partial charge in [0.25, 0.3) is 0 Å². The summed E-state index contributed by atoms with van der Waals surface area (Å²) in [4.78, 5) is 2.15. The van der Waals surface area contributed by atoms with Gasteiger partial charge in [0, 0.05) is 13.1 Å². The molecule has 1 fully saturated rings. The van der Waals surface area contributed by atoms with E-state index in [9.17, 15) is 5.11 Å². The summed E-state index contributed by atoms with van der Waals surface area (Å²) < 4.78 is 11.2. The Labute approximate surface area is 113 Å². The number of benzene rings is 1. The first-order valence-corrected chi connectivity index (χ1v) is 6.68. The number of nitrogen functional groups attached to an aromatic ring is 1. The topological polar surface area (TPSA) is 68.0 Å². The molecule has 106 valence electrons. The van der Waals surface area contributed by atoms with Gasteiger partial charge in [-0.2, -0.15) is 0 Å². The molecule has 2 unspecified atom stereocenters. The molecule has 2 rings (SSSR count). The van der Waals surface area contributed by atoms with Crippen molar-refractivity contribution in [1.29, 1.82) is 0 Å². The van der Waals surface area contributed by atoms with Crippen LogP contribution in [0.5, 0.6) is 5.75 Å². The van der Waals surface area contributed by atoms with Gasteiger partial charge in [-0.15, -0.1) is 0 Å². The molecule has 1 heterocycles. The average Bonchev–Trinajstić information content (AvgIpc) is 2.40. The van der Waals surface area contributed by atoms with Crippen LogP contribution in [0, 0.1) is 0 Å². The highest BCUT2D eigenvalue weighted by Gasteiger charge is 2.26. The lowest BCUT2D eigenvalue weighted by molar-refractivity contribution is -0.0420. The van der Waals surface area contributed by atoms with E-state index in [4.69, 9.17) is 15.2 Å². The van der Waals surface area contributed by atoms with Crippen LogP contribution < -0.4 is 15.4 Å². The van der Waals surface area contributed by atoms with Crippen molar-refractivity contribution in [3.05, 3.63) is 18.2 Å². The van der Waals surface area contributed by atoms with E-state index in [-0.39, 0.29) is 18.8 Å². The van der Waals surface area contributed by atoms with E-state index in [1.165, 1.54) is 0 Å². The Hall–Kier alpha value is -1.46. The summed E-state index contributed by atoms with van der Waals surface area (Å²) in [6, 6.07) is 5.78. The first kappa shape index (κ1) is 14.0. The van der Waals surface area contributed by atoms with Crippen molar-refractivity contribution in [2.45, 2.75) is 26.1 Å².